The lowest BCUT2D eigenvalue weighted by atomic mass is 9.87. The van der Waals surface area contributed by atoms with Gasteiger partial charge in [0.1, 0.15) is 0 Å². The van der Waals surface area contributed by atoms with E-state index in [-0.39, 0.29) is 18.2 Å². The Labute approximate surface area is 127 Å². The highest BCUT2D eigenvalue weighted by atomic mass is 16.4. The Kier molecular flexibility index (Phi) is 6.03. The first-order valence-electron chi connectivity index (χ1n) is 8.26. The standard InChI is InChI=1S/C16H28N2O3/c1-12-2-4-14(5-3-12)17-15(19)11-18-8-6-13(7-9-18)10-16(20)21/h12-14H,2-11H2,1H3,(H,17,19)(H,20,21). The molecule has 1 amide bonds. The molecule has 2 N–H and O–H groups in total. The summed E-state index contributed by atoms with van der Waals surface area (Å²) < 4.78 is 0. The van der Waals surface area contributed by atoms with Gasteiger partial charge in [-0.05, 0) is 63.5 Å². The van der Waals surface area contributed by atoms with Crippen molar-refractivity contribution in [1.29, 1.82) is 0 Å². The van der Waals surface area contributed by atoms with Gasteiger partial charge in [-0.15, -0.1) is 0 Å². The number of likely N-dealkylation sites (tertiary alicyclic amines) is 1. The smallest absolute Gasteiger partial charge is 0.303 e. The molecule has 2 rings (SSSR count). The molecule has 5 heteroatoms. The van der Waals surface area contributed by atoms with E-state index in [9.17, 15) is 9.59 Å². The highest BCUT2D eigenvalue weighted by Gasteiger charge is 2.24. The first-order chi connectivity index (χ1) is 10.0. The molecule has 0 unspecified atom stereocenters. The van der Waals surface area contributed by atoms with E-state index in [1.54, 1.807) is 0 Å². The Morgan fingerprint density at radius 1 is 1.10 bits per heavy atom. The maximum atomic E-state index is 12.1. The molecule has 1 saturated carbocycles. The van der Waals surface area contributed by atoms with Crippen molar-refractivity contribution in [3.05, 3.63) is 0 Å². The SMILES string of the molecule is CC1CCC(NC(=O)CN2CCC(CC(=O)O)CC2)CC1. The minimum absolute atomic E-state index is 0.131. The van der Waals surface area contributed by atoms with E-state index < -0.39 is 5.97 Å². The van der Waals surface area contributed by atoms with Crippen molar-refractivity contribution in [1.82, 2.24) is 10.2 Å². The summed E-state index contributed by atoms with van der Waals surface area (Å²) in [5, 5.41) is 12.0. The van der Waals surface area contributed by atoms with Gasteiger partial charge >= 0.3 is 5.97 Å². The van der Waals surface area contributed by atoms with Gasteiger partial charge in [0.05, 0.1) is 6.54 Å². The number of carbonyl (C=O) groups excluding carboxylic acids is 1. The van der Waals surface area contributed by atoms with E-state index in [1.165, 1.54) is 12.8 Å². The predicted octanol–water partition coefficient (Wildman–Crippen LogP) is 1.87. The molecule has 5 nitrogen and oxygen atoms in total. The third-order valence-electron chi connectivity index (χ3n) is 4.92. The molecular weight excluding hydrogens is 268 g/mol. The summed E-state index contributed by atoms with van der Waals surface area (Å²) in [4.78, 5) is 24.9. The van der Waals surface area contributed by atoms with Crippen molar-refractivity contribution in [3.63, 3.8) is 0 Å². The molecule has 0 spiro atoms. The summed E-state index contributed by atoms with van der Waals surface area (Å²) in [6.07, 6.45) is 6.68. The number of piperidine rings is 1. The van der Waals surface area contributed by atoms with Crippen LogP contribution in [0, 0.1) is 11.8 Å². The molecule has 120 valence electrons. The zero-order valence-electron chi connectivity index (χ0n) is 13.0. The third kappa shape index (κ3) is 5.65. The van der Waals surface area contributed by atoms with Gasteiger partial charge in [0.15, 0.2) is 0 Å². The number of carboxylic acid groups (broad SMARTS) is 1. The van der Waals surface area contributed by atoms with Crippen molar-refractivity contribution >= 4 is 11.9 Å². The summed E-state index contributed by atoms with van der Waals surface area (Å²) in [5.41, 5.74) is 0. The largest absolute Gasteiger partial charge is 0.481 e. The summed E-state index contributed by atoms with van der Waals surface area (Å²) >= 11 is 0. The number of nitrogens with one attached hydrogen (secondary N) is 1. The number of aliphatic carboxylic acids is 1. The van der Waals surface area contributed by atoms with Crippen molar-refractivity contribution in [2.75, 3.05) is 19.6 Å². The van der Waals surface area contributed by atoms with Crippen LogP contribution in [-0.2, 0) is 9.59 Å². The molecular formula is C16H28N2O3. The van der Waals surface area contributed by atoms with Crippen molar-refractivity contribution < 1.29 is 14.7 Å². The summed E-state index contributed by atoms with van der Waals surface area (Å²) in [6.45, 7) is 4.42. The molecule has 0 aromatic rings. The van der Waals surface area contributed by atoms with Gasteiger partial charge in [0.2, 0.25) is 5.91 Å². The molecule has 0 bridgehead atoms. The molecule has 1 heterocycles. The van der Waals surface area contributed by atoms with Crippen molar-refractivity contribution in [3.8, 4) is 0 Å². The van der Waals surface area contributed by atoms with E-state index in [0.29, 0.717) is 12.6 Å². The molecule has 0 atom stereocenters. The van der Waals surface area contributed by atoms with E-state index in [4.69, 9.17) is 5.11 Å². The highest BCUT2D eigenvalue weighted by molar-refractivity contribution is 5.78. The fourth-order valence-electron chi connectivity index (χ4n) is 3.48. The van der Waals surface area contributed by atoms with Gasteiger partial charge in [-0.1, -0.05) is 6.92 Å². The van der Waals surface area contributed by atoms with Crippen LogP contribution >= 0.6 is 0 Å². The van der Waals surface area contributed by atoms with Crippen LogP contribution in [0.3, 0.4) is 0 Å². The number of carboxylic acids is 1. The third-order valence-corrected chi connectivity index (χ3v) is 4.92. The van der Waals surface area contributed by atoms with Crippen molar-refractivity contribution in [2.24, 2.45) is 11.8 Å². The Morgan fingerprint density at radius 2 is 1.71 bits per heavy atom. The number of carbonyl (C=O) groups is 2. The van der Waals surface area contributed by atoms with E-state index in [1.807, 2.05) is 0 Å². The average Bonchev–Trinajstić information content (AvgIpc) is 2.43. The predicted molar refractivity (Wildman–Crippen MR) is 81.0 cm³/mol. The van der Waals surface area contributed by atoms with E-state index in [0.717, 1.165) is 44.7 Å². The zero-order chi connectivity index (χ0) is 15.2. The Balaban J connectivity index is 1.64. The summed E-state index contributed by atoms with van der Waals surface area (Å²) in [5.74, 6) is 0.497. The van der Waals surface area contributed by atoms with Crippen molar-refractivity contribution in [2.45, 2.75) is 57.9 Å². The Bertz CT molecular complexity index is 357. The molecule has 0 aromatic carbocycles. The molecule has 0 radical (unpaired) electrons. The number of nitrogens with zero attached hydrogens (tertiary/aromatic N) is 1. The van der Waals surface area contributed by atoms with Gasteiger partial charge in [0, 0.05) is 12.5 Å². The first-order valence-corrected chi connectivity index (χ1v) is 8.26. The highest BCUT2D eigenvalue weighted by Crippen LogP contribution is 2.23. The minimum atomic E-state index is -0.710. The lowest BCUT2D eigenvalue weighted by Crippen LogP contribution is -2.45. The van der Waals surface area contributed by atoms with Crippen LogP contribution in [0.15, 0.2) is 0 Å². The Morgan fingerprint density at radius 3 is 2.29 bits per heavy atom. The molecule has 1 aliphatic carbocycles. The fourth-order valence-corrected chi connectivity index (χ4v) is 3.48. The summed E-state index contributed by atoms with van der Waals surface area (Å²) in [7, 11) is 0. The van der Waals surface area contributed by atoms with Gasteiger partial charge < -0.3 is 10.4 Å². The lowest BCUT2D eigenvalue weighted by molar-refractivity contribution is -0.138. The summed E-state index contributed by atoms with van der Waals surface area (Å²) in [6, 6.07) is 0.359. The van der Waals surface area contributed by atoms with Crippen LogP contribution < -0.4 is 5.32 Å². The number of amides is 1. The van der Waals surface area contributed by atoms with Crippen LogP contribution in [-0.4, -0.2) is 47.6 Å². The van der Waals surface area contributed by atoms with E-state index >= 15 is 0 Å². The lowest BCUT2D eigenvalue weighted by Gasteiger charge is -2.32. The quantitative estimate of drug-likeness (QED) is 0.812. The molecule has 1 aliphatic heterocycles. The zero-order valence-corrected chi connectivity index (χ0v) is 13.0. The number of hydrogen-bond donors (Lipinski definition) is 2. The molecule has 21 heavy (non-hydrogen) atoms. The number of rotatable bonds is 5. The second kappa shape index (κ2) is 7.78. The van der Waals surface area contributed by atoms with Gasteiger partial charge in [-0.3, -0.25) is 14.5 Å². The minimum Gasteiger partial charge on any atom is -0.481 e. The second-order valence-corrected chi connectivity index (χ2v) is 6.84. The van der Waals surface area contributed by atoms with Gasteiger partial charge in [-0.2, -0.15) is 0 Å². The monoisotopic (exact) mass is 296 g/mol. The van der Waals surface area contributed by atoms with Gasteiger partial charge in [-0.25, -0.2) is 0 Å². The average molecular weight is 296 g/mol. The fraction of sp³-hybridized carbons (Fsp3) is 0.875. The number of hydrogen-bond acceptors (Lipinski definition) is 3. The molecule has 2 fully saturated rings. The normalized spacial score (nSPS) is 28.2. The van der Waals surface area contributed by atoms with Crippen LogP contribution in [0.2, 0.25) is 0 Å². The Hall–Kier alpha value is -1.10. The van der Waals surface area contributed by atoms with Crippen LogP contribution in [0.5, 0.6) is 0 Å². The van der Waals surface area contributed by atoms with Gasteiger partial charge in [0.25, 0.3) is 0 Å². The molecule has 0 aromatic heterocycles. The topological polar surface area (TPSA) is 69.6 Å². The van der Waals surface area contributed by atoms with Crippen LogP contribution in [0.1, 0.15) is 51.9 Å². The molecule has 1 saturated heterocycles. The molecule has 2 aliphatic rings. The maximum absolute atomic E-state index is 12.1. The first kappa shape index (κ1) is 16.3. The van der Waals surface area contributed by atoms with E-state index in [2.05, 4.69) is 17.1 Å². The second-order valence-electron chi connectivity index (χ2n) is 6.84. The van der Waals surface area contributed by atoms with Crippen LogP contribution in [0.4, 0.5) is 0 Å². The maximum Gasteiger partial charge on any atom is 0.303 e. The van der Waals surface area contributed by atoms with Crippen LogP contribution in [0.25, 0.3) is 0 Å².